The smallest absolute Gasteiger partial charge is 0.384 e. The lowest BCUT2D eigenvalue weighted by Crippen LogP contribution is -2.14. The van der Waals surface area contributed by atoms with E-state index < -0.39 is 11.7 Å². The van der Waals surface area contributed by atoms with E-state index in [4.69, 9.17) is 11.1 Å². The Kier molecular flexibility index (Phi) is 2.51. The van der Waals surface area contributed by atoms with Crippen molar-refractivity contribution in [1.82, 2.24) is 0 Å². The molecule has 0 amide bonds. The van der Waals surface area contributed by atoms with Gasteiger partial charge in [0.15, 0.2) is 0 Å². The minimum Gasteiger partial charge on any atom is -0.384 e. The van der Waals surface area contributed by atoms with Crippen molar-refractivity contribution < 1.29 is 13.2 Å². The first-order valence-corrected chi connectivity index (χ1v) is 3.84. The Morgan fingerprint density at radius 3 is 2.36 bits per heavy atom. The van der Waals surface area contributed by atoms with E-state index in [1.54, 1.807) is 0 Å². The molecule has 1 aromatic carbocycles. The lowest BCUT2D eigenvalue weighted by molar-refractivity contribution is -0.138. The Balaban J connectivity index is 3.29. The number of amidine groups is 1. The van der Waals surface area contributed by atoms with E-state index in [0.29, 0.717) is 0 Å². The fourth-order valence-corrected chi connectivity index (χ4v) is 1.09. The summed E-state index contributed by atoms with van der Waals surface area (Å²) < 4.78 is 37.1. The monoisotopic (exact) mass is 202 g/mol. The zero-order chi connectivity index (χ0) is 10.9. The molecular formula is C9H9F3N2. The number of rotatable bonds is 1. The summed E-state index contributed by atoms with van der Waals surface area (Å²) in [4.78, 5) is 0. The molecule has 5 heteroatoms. The number of alkyl halides is 3. The Morgan fingerprint density at radius 1 is 1.36 bits per heavy atom. The highest BCUT2D eigenvalue weighted by atomic mass is 19.4. The van der Waals surface area contributed by atoms with Crippen LogP contribution >= 0.6 is 0 Å². The maximum absolute atomic E-state index is 12.4. The van der Waals surface area contributed by atoms with Crippen LogP contribution in [-0.2, 0) is 6.18 Å². The second-order valence-electron chi connectivity index (χ2n) is 2.94. The molecule has 0 spiro atoms. The van der Waals surface area contributed by atoms with Crippen molar-refractivity contribution in [3.05, 3.63) is 34.9 Å². The Bertz CT molecular complexity index is 369. The molecule has 0 saturated heterocycles. The van der Waals surface area contributed by atoms with Crippen LogP contribution in [0.15, 0.2) is 18.2 Å². The van der Waals surface area contributed by atoms with Crippen LogP contribution in [0.4, 0.5) is 13.2 Å². The SMILES string of the molecule is Cc1ccc(C(=N)N)cc1C(F)(F)F. The van der Waals surface area contributed by atoms with Gasteiger partial charge in [-0.25, -0.2) is 0 Å². The number of hydrogen-bond acceptors (Lipinski definition) is 1. The molecular weight excluding hydrogens is 193 g/mol. The first-order valence-electron chi connectivity index (χ1n) is 3.84. The first-order chi connectivity index (χ1) is 6.32. The van der Waals surface area contributed by atoms with Gasteiger partial charge in [0.05, 0.1) is 5.56 Å². The molecule has 2 nitrogen and oxygen atoms in total. The number of benzene rings is 1. The van der Waals surface area contributed by atoms with Crippen LogP contribution in [0.2, 0.25) is 0 Å². The number of nitrogens with two attached hydrogens (primary N) is 1. The van der Waals surface area contributed by atoms with Crippen LogP contribution in [0.25, 0.3) is 0 Å². The lowest BCUT2D eigenvalue weighted by atomic mass is 10.0. The van der Waals surface area contributed by atoms with Crippen molar-refractivity contribution in [1.29, 1.82) is 5.41 Å². The normalized spacial score (nSPS) is 11.4. The van der Waals surface area contributed by atoms with Gasteiger partial charge in [-0.2, -0.15) is 13.2 Å². The average Bonchev–Trinajstić information content (AvgIpc) is 2.02. The van der Waals surface area contributed by atoms with Crippen LogP contribution in [0.1, 0.15) is 16.7 Å². The highest BCUT2D eigenvalue weighted by molar-refractivity contribution is 5.95. The fourth-order valence-electron chi connectivity index (χ4n) is 1.09. The molecule has 76 valence electrons. The van der Waals surface area contributed by atoms with Gasteiger partial charge in [-0.1, -0.05) is 12.1 Å². The standard InChI is InChI=1S/C9H9F3N2/c1-5-2-3-6(8(13)14)4-7(5)9(10,11)12/h2-4H,1H3,(H3,13,14). The van der Waals surface area contributed by atoms with E-state index in [-0.39, 0.29) is 17.0 Å². The molecule has 0 aliphatic rings. The zero-order valence-corrected chi connectivity index (χ0v) is 7.44. The second-order valence-corrected chi connectivity index (χ2v) is 2.94. The molecule has 0 unspecified atom stereocenters. The summed E-state index contributed by atoms with van der Waals surface area (Å²) in [7, 11) is 0. The van der Waals surface area contributed by atoms with Crippen molar-refractivity contribution in [2.75, 3.05) is 0 Å². The quantitative estimate of drug-likeness (QED) is 0.532. The van der Waals surface area contributed by atoms with Crippen LogP contribution in [-0.4, -0.2) is 5.84 Å². The van der Waals surface area contributed by atoms with Gasteiger partial charge < -0.3 is 5.73 Å². The number of halogens is 3. The molecule has 0 aromatic heterocycles. The van der Waals surface area contributed by atoms with E-state index in [1.807, 2.05) is 0 Å². The second kappa shape index (κ2) is 3.32. The number of nitrogens with one attached hydrogen (secondary N) is 1. The van der Waals surface area contributed by atoms with Gasteiger partial charge in [-0.15, -0.1) is 0 Å². The number of nitrogen functional groups attached to an aromatic ring is 1. The first kappa shape index (κ1) is 10.6. The van der Waals surface area contributed by atoms with Gasteiger partial charge in [0, 0.05) is 5.56 Å². The van der Waals surface area contributed by atoms with E-state index >= 15 is 0 Å². The van der Waals surface area contributed by atoms with Crippen LogP contribution < -0.4 is 5.73 Å². The van der Waals surface area contributed by atoms with E-state index in [0.717, 1.165) is 6.07 Å². The maximum Gasteiger partial charge on any atom is 0.416 e. The van der Waals surface area contributed by atoms with Crippen LogP contribution in [0, 0.1) is 12.3 Å². The lowest BCUT2D eigenvalue weighted by Gasteiger charge is -2.11. The molecule has 14 heavy (non-hydrogen) atoms. The van der Waals surface area contributed by atoms with Crippen molar-refractivity contribution in [2.45, 2.75) is 13.1 Å². The summed E-state index contributed by atoms with van der Waals surface area (Å²) in [6.45, 7) is 1.37. The number of hydrogen-bond donors (Lipinski definition) is 2. The third-order valence-electron chi connectivity index (χ3n) is 1.85. The average molecular weight is 202 g/mol. The molecule has 0 aliphatic carbocycles. The minimum atomic E-state index is -4.39. The summed E-state index contributed by atoms with van der Waals surface area (Å²) in [5.74, 6) is -0.365. The largest absolute Gasteiger partial charge is 0.416 e. The van der Waals surface area contributed by atoms with Gasteiger partial charge in [0.2, 0.25) is 0 Å². The van der Waals surface area contributed by atoms with Crippen molar-refractivity contribution in [3.8, 4) is 0 Å². The van der Waals surface area contributed by atoms with Crippen molar-refractivity contribution >= 4 is 5.84 Å². The molecule has 0 saturated carbocycles. The van der Waals surface area contributed by atoms with E-state index in [1.165, 1.54) is 19.1 Å². The van der Waals surface area contributed by atoms with E-state index in [9.17, 15) is 13.2 Å². The van der Waals surface area contributed by atoms with Gasteiger partial charge in [0.1, 0.15) is 5.84 Å². The molecule has 0 radical (unpaired) electrons. The third-order valence-corrected chi connectivity index (χ3v) is 1.85. The predicted octanol–water partition coefficient (Wildman–Crippen LogP) is 2.30. The molecule has 1 aromatic rings. The summed E-state index contributed by atoms with van der Waals surface area (Å²) in [5.41, 5.74) is 4.56. The Labute approximate surface area is 79.0 Å². The molecule has 3 N–H and O–H groups in total. The van der Waals surface area contributed by atoms with Gasteiger partial charge in [0.25, 0.3) is 0 Å². The van der Waals surface area contributed by atoms with Crippen molar-refractivity contribution in [3.63, 3.8) is 0 Å². The summed E-state index contributed by atoms with van der Waals surface area (Å²) in [6.07, 6.45) is -4.39. The highest BCUT2D eigenvalue weighted by Crippen LogP contribution is 2.32. The molecule has 0 atom stereocenters. The van der Waals surface area contributed by atoms with Crippen LogP contribution in [0.3, 0.4) is 0 Å². The van der Waals surface area contributed by atoms with Gasteiger partial charge in [-0.05, 0) is 18.6 Å². The molecule has 0 heterocycles. The minimum absolute atomic E-state index is 0.0860. The van der Waals surface area contributed by atoms with Crippen LogP contribution in [0.5, 0.6) is 0 Å². The summed E-state index contributed by atoms with van der Waals surface area (Å²) in [5, 5.41) is 7.02. The molecule has 0 aliphatic heterocycles. The van der Waals surface area contributed by atoms with Crippen molar-refractivity contribution in [2.24, 2.45) is 5.73 Å². The third kappa shape index (κ3) is 2.04. The molecule has 0 fully saturated rings. The summed E-state index contributed by atoms with van der Waals surface area (Å²) in [6, 6.07) is 3.59. The molecule has 1 rings (SSSR count). The Morgan fingerprint density at radius 2 is 1.93 bits per heavy atom. The van der Waals surface area contributed by atoms with Gasteiger partial charge in [-0.3, -0.25) is 5.41 Å². The highest BCUT2D eigenvalue weighted by Gasteiger charge is 2.32. The Hall–Kier alpha value is -1.52. The maximum atomic E-state index is 12.4. The van der Waals surface area contributed by atoms with Gasteiger partial charge >= 0.3 is 6.18 Å². The summed E-state index contributed by atoms with van der Waals surface area (Å²) >= 11 is 0. The molecule has 0 bridgehead atoms. The fraction of sp³-hybridized carbons (Fsp3) is 0.222. The predicted molar refractivity (Wildman–Crippen MR) is 47.2 cm³/mol. The number of aryl methyl sites for hydroxylation is 1. The van der Waals surface area contributed by atoms with E-state index in [2.05, 4.69) is 0 Å². The topological polar surface area (TPSA) is 49.9 Å². The zero-order valence-electron chi connectivity index (χ0n) is 7.44.